The summed E-state index contributed by atoms with van der Waals surface area (Å²) in [6.07, 6.45) is 1.80. The molecule has 0 saturated carbocycles. The van der Waals surface area contributed by atoms with E-state index in [0.717, 1.165) is 22.9 Å². The second-order valence-electron chi connectivity index (χ2n) is 6.86. The number of imidazole rings is 1. The van der Waals surface area contributed by atoms with Gasteiger partial charge in [-0.1, -0.05) is 61.3 Å². The molecule has 1 N–H and O–H groups in total. The van der Waals surface area contributed by atoms with Gasteiger partial charge in [0.25, 0.3) is 5.56 Å². The molecule has 7 heteroatoms. The molecule has 0 unspecified atom stereocenters. The van der Waals surface area contributed by atoms with E-state index in [1.165, 1.54) is 0 Å². The lowest BCUT2D eigenvalue weighted by atomic mass is 10.2. The number of rotatable bonds is 6. The molecule has 0 amide bonds. The van der Waals surface area contributed by atoms with Crippen LogP contribution in [0.2, 0.25) is 0 Å². The van der Waals surface area contributed by atoms with Gasteiger partial charge in [-0.25, -0.2) is 9.78 Å². The van der Waals surface area contributed by atoms with Gasteiger partial charge in [-0.3, -0.25) is 14.3 Å². The average Bonchev–Trinajstić information content (AvgIpc) is 2.94. The topological polar surface area (TPSA) is 72.7 Å². The quantitative estimate of drug-likeness (QED) is 0.661. The van der Waals surface area contributed by atoms with Crippen LogP contribution >= 0.6 is 15.9 Å². The summed E-state index contributed by atoms with van der Waals surface area (Å²) >= 11 is 3.58. The Labute approximate surface area is 160 Å². The number of nitrogens with zero attached hydrogens (tertiary/aromatic N) is 3. The molecule has 0 spiro atoms. The molecule has 3 aromatic rings. The van der Waals surface area contributed by atoms with Gasteiger partial charge in [-0.05, 0) is 18.4 Å². The zero-order valence-electron chi connectivity index (χ0n) is 15.3. The molecule has 0 bridgehead atoms. The number of aryl methyl sites for hydroxylation is 1. The predicted molar refractivity (Wildman–Crippen MR) is 107 cm³/mol. The Morgan fingerprint density at radius 1 is 1.19 bits per heavy atom. The molecule has 0 saturated heterocycles. The normalized spacial score (nSPS) is 11.6. The first kappa shape index (κ1) is 18.6. The van der Waals surface area contributed by atoms with Gasteiger partial charge in [-0.15, -0.1) is 0 Å². The van der Waals surface area contributed by atoms with E-state index in [0.29, 0.717) is 36.0 Å². The van der Waals surface area contributed by atoms with Crippen LogP contribution in [-0.2, 0) is 13.1 Å². The zero-order valence-corrected chi connectivity index (χ0v) is 16.8. The summed E-state index contributed by atoms with van der Waals surface area (Å²) in [6, 6.07) is 7.79. The Hall–Kier alpha value is -2.15. The van der Waals surface area contributed by atoms with Crippen molar-refractivity contribution in [3.63, 3.8) is 0 Å². The highest BCUT2D eigenvalue weighted by atomic mass is 79.9. The van der Waals surface area contributed by atoms with Crippen molar-refractivity contribution < 1.29 is 0 Å². The van der Waals surface area contributed by atoms with Crippen LogP contribution in [0, 0.1) is 5.92 Å². The number of fused-ring (bicyclic) bond motifs is 1. The van der Waals surface area contributed by atoms with Crippen molar-refractivity contribution in [3.8, 4) is 11.4 Å². The lowest BCUT2D eigenvalue weighted by molar-refractivity contribution is 0.535. The van der Waals surface area contributed by atoms with Crippen LogP contribution in [-0.4, -0.2) is 19.1 Å². The fourth-order valence-corrected chi connectivity index (χ4v) is 3.55. The lowest BCUT2D eigenvalue weighted by Crippen LogP contribution is -2.31. The first-order valence-corrected chi connectivity index (χ1v) is 9.71. The Bertz CT molecular complexity index is 1050. The van der Waals surface area contributed by atoms with Gasteiger partial charge in [0.1, 0.15) is 5.82 Å². The van der Waals surface area contributed by atoms with Crippen LogP contribution in [0.25, 0.3) is 22.6 Å². The highest BCUT2D eigenvalue weighted by Crippen LogP contribution is 2.29. The van der Waals surface area contributed by atoms with E-state index < -0.39 is 5.69 Å². The van der Waals surface area contributed by atoms with Crippen molar-refractivity contribution in [1.82, 2.24) is 19.1 Å². The number of benzene rings is 1. The Balaban J connectivity index is 2.38. The number of hydrogen-bond donors (Lipinski definition) is 1. The second kappa shape index (κ2) is 7.61. The van der Waals surface area contributed by atoms with Crippen LogP contribution in [0.15, 0.2) is 38.3 Å². The van der Waals surface area contributed by atoms with Gasteiger partial charge in [0.15, 0.2) is 11.2 Å². The SMILES string of the molecule is CCCCn1c(=O)[nH]c(=O)c2c1nc(-c1ccccc1Br)n2CC(C)C. The molecule has 0 radical (unpaired) electrons. The maximum atomic E-state index is 12.6. The van der Waals surface area contributed by atoms with Crippen molar-refractivity contribution in [2.45, 2.75) is 46.7 Å². The minimum absolute atomic E-state index is 0.323. The van der Waals surface area contributed by atoms with E-state index in [-0.39, 0.29) is 5.56 Å². The highest BCUT2D eigenvalue weighted by molar-refractivity contribution is 9.10. The first-order valence-electron chi connectivity index (χ1n) is 8.92. The minimum atomic E-state index is -0.399. The number of halogens is 1. The summed E-state index contributed by atoms with van der Waals surface area (Å²) in [4.78, 5) is 32.2. The van der Waals surface area contributed by atoms with Gasteiger partial charge >= 0.3 is 5.69 Å². The van der Waals surface area contributed by atoms with Gasteiger partial charge in [0.2, 0.25) is 0 Å². The second-order valence-corrected chi connectivity index (χ2v) is 7.71. The molecular weight excluding hydrogens is 396 g/mol. The smallest absolute Gasteiger partial charge is 0.318 e. The predicted octanol–water partition coefficient (Wildman–Crippen LogP) is 3.77. The van der Waals surface area contributed by atoms with Crippen molar-refractivity contribution in [2.24, 2.45) is 5.92 Å². The van der Waals surface area contributed by atoms with Crippen LogP contribution in [0.1, 0.15) is 33.6 Å². The summed E-state index contributed by atoms with van der Waals surface area (Å²) in [5.41, 5.74) is 1.03. The first-order chi connectivity index (χ1) is 12.4. The standard InChI is InChI=1S/C19H23BrN4O2/c1-4-5-10-23-17-15(18(25)22-19(23)26)24(11-12(2)3)16(21-17)13-8-6-7-9-14(13)20/h6-9,12H,4-5,10-11H2,1-3H3,(H,22,25,26). The third-order valence-corrected chi connectivity index (χ3v) is 4.97. The molecule has 2 heterocycles. The summed E-state index contributed by atoms with van der Waals surface area (Å²) in [7, 11) is 0. The zero-order chi connectivity index (χ0) is 18.8. The number of aromatic amines is 1. The van der Waals surface area contributed by atoms with Crippen molar-refractivity contribution in [2.75, 3.05) is 0 Å². The van der Waals surface area contributed by atoms with Crippen molar-refractivity contribution in [1.29, 1.82) is 0 Å². The monoisotopic (exact) mass is 418 g/mol. The summed E-state index contributed by atoms with van der Waals surface area (Å²) in [5.74, 6) is 1.02. The molecule has 0 fully saturated rings. The Morgan fingerprint density at radius 3 is 2.58 bits per heavy atom. The third kappa shape index (κ3) is 3.40. The van der Waals surface area contributed by atoms with Crippen molar-refractivity contribution in [3.05, 3.63) is 49.6 Å². The van der Waals surface area contributed by atoms with E-state index in [9.17, 15) is 9.59 Å². The van der Waals surface area contributed by atoms with Crippen LogP contribution < -0.4 is 11.2 Å². The highest BCUT2D eigenvalue weighted by Gasteiger charge is 2.21. The van der Waals surface area contributed by atoms with E-state index in [4.69, 9.17) is 4.98 Å². The lowest BCUT2D eigenvalue weighted by Gasteiger charge is -2.12. The van der Waals surface area contributed by atoms with Crippen LogP contribution in [0.4, 0.5) is 0 Å². The summed E-state index contributed by atoms with van der Waals surface area (Å²) < 4.78 is 4.41. The van der Waals surface area contributed by atoms with Gasteiger partial charge < -0.3 is 4.57 Å². The van der Waals surface area contributed by atoms with E-state index >= 15 is 0 Å². The van der Waals surface area contributed by atoms with Gasteiger partial charge in [0.05, 0.1) is 0 Å². The van der Waals surface area contributed by atoms with Crippen LogP contribution in [0.5, 0.6) is 0 Å². The number of nitrogens with one attached hydrogen (secondary N) is 1. The maximum Gasteiger partial charge on any atom is 0.330 e. The van der Waals surface area contributed by atoms with Crippen LogP contribution in [0.3, 0.4) is 0 Å². The number of unbranched alkanes of at least 4 members (excludes halogenated alkanes) is 1. The number of hydrogen-bond acceptors (Lipinski definition) is 3. The third-order valence-electron chi connectivity index (χ3n) is 4.28. The Morgan fingerprint density at radius 2 is 1.92 bits per heavy atom. The molecule has 26 heavy (non-hydrogen) atoms. The fourth-order valence-electron chi connectivity index (χ4n) is 3.09. The summed E-state index contributed by atoms with van der Waals surface area (Å²) in [6.45, 7) is 7.44. The largest absolute Gasteiger partial charge is 0.330 e. The average molecular weight is 419 g/mol. The molecule has 138 valence electrons. The number of H-pyrrole nitrogens is 1. The molecule has 2 aromatic heterocycles. The molecule has 0 atom stereocenters. The molecule has 3 rings (SSSR count). The molecule has 1 aromatic carbocycles. The molecular formula is C19H23BrN4O2. The van der Waals surface area contributed by atoms with E-state index in [1.807, 2.05) is 28.8 Å². The maximum absolute atomic E-state index is 12.6. The molecule has 0 aliphatic rings. The van der Waals surface area contributed by atoms with Crippen molar-refractivity contribution >= 4 is 27.1 Å². The van der Waals surface area contributed by atoms with Gasteiger partial charge in [0, 0.05) is 23.1 Å². The molecule has 0 aliphatic heterocycles. The summed E-state index contributed by atoms with van der Waals surface area (Å²) in [5, 5.41) is 0. The fraction of sp³-hybridized carbons (Fsp3) is 0.421. The Kier molecular flexibility index (Phi) is 5.46. The molecule has 0 aliphatic carbocycles. The minimum Gasteiger partial charge on any atom is -0.318 e. The van der Waals surface area contributed by atoms with E-state index in [1.54, 1.807) is 4.57 Å². The van der Waals surface area contributed by atoms with E-state index in [2.05, 4.69) is 41.7 Å². The number of aromatic nitrogens is 4. The molecule has 6 nitrogen and oxygen atoms in total. The van der Waals surface area contributed by atoms with Gasteiger partial charge in [-0.2, -0.15) is 0 Å².